The summed E-state index contributed by atoms with van der Waals surface area (Å²) in [5.41, 5.74) is 1.76. The molecule has 0 radical (unpaired) electrons. The normalized spacial score (nSPS) is 12.3. The van der Waals surface area contributed by atoms with Gasteiger partial charge in [-0.1, -0.05) is 18.2 Å². The lowest BCUT2D eigenvalue weighted by Gasteiger charge is -2.12. The van der Waals surface area contributed by atoms with Gasteiger partial charge in [0.2, 0.25) is 0 Å². The second kappa shape index (κ2) is 5.38. The molecule has 1 unspecified atom stereocenters. The standard InChI is InChI=1S/C16H14N2O3/c1-21-12-5-2-10(3-6-12)15(19)11-4-7-14-13(8-11)16(20)18-9-17-14/h2-9,15,19H,1H3,(H,17,18,20). The van der Waals surface area contributed by atoms with E-state index in [1.165, 1.54) is 6.33 Å². The Morgan fingerprint density at radius 1 is 1.14 bits per heavy atom. The smallest absolute Gasteiger partial charge is 0.258 e. The Morgan fingerprint density at radius 3 is 2.57 bits per heavy atom. The molecule has 106 valence electrons. The summed E-state index contributed by atoms with van der Waals surface area (Å²) < 4.78 is 5.09. The summed E-state index contributed by atoms with van der Waals surface area (Å²) >= 11 is 0. The van der Waals surface area contributed by atoms with Crippen molar-refractivity contribution in [2.24, 2.45) is 0 Å². The van der Waals surface area contributed by atoms with Crippen molar-refractivity contribution in [2.45, 2.75) is 6.10 Å². The van der Waals surface area contributed by atoms with Gasteiger partial charge in [-0.3, -0.25) is 4.79 Å². The lowest BCUT2D eigenvalue weighted by atomic mass is 10.00. The summed E-state index contributed by atoms with van der Waals surface area (Å²) in [6, 6.07) is 12.3. The van der Waals surface area contributed by atoms with Crippen molar-refractivity contribution in [3.63, 3.8) is 0 Å². The second-order valence-electron chi connectivity index (χ2n) is 4.68. The van der Waals surface area contributed by atoms with Crippen molar-refractivity contribution in [2.75, 3.05) is 7.11 Å². The van der Waals surface area contributed by atoms with E-state index in [0.29, 0.717) is 16.5 Å². The van der Waals surface area contributed by atoms with Crippen molar-refractivity contribution in [3.05, 3.63) is 70.3 Å². The largest absolute Gasteiger partial charge is 0.497 e. The monoisotopic (exact) mass is 282 g/mol. The molecule has 1 aromatic heterocycles. The van der Waals surface area contributed by atoms with Crippen LogP contribution in [0.1, 0.15) is 17.2 Å². The number of nitrogens with one attached hydrogen (secondary N) is 1. The first-order valence-electron chi connectivity index (χ1n) is 6.48. The Labute approximate surface area is 120 Å². The van der Waals surface area contributed by atoms with E-state index in [0.717, 1.165) is 11.3 Å². The van der Waals surface area contributed by atoms with Crippen LogP contribution in [0, 0.1) is 0 Å². The van der Waals surface area contributed by atoms with Gasteiger partial charge in [0.1, 0.15) is 11.9 Å². The van der Waals surface area contributed by atoms with Gasteiger partial charge in [-0.15, -0.1) is 0 Å². The number of nitrogens with zero attached hydrogens (tertiary/aromatic N) is 1. The highest BCUT2D eigenvalue weighted by molar-refractivity contribution is 5.78. The van der Waals surface area contributed by atoms with Crippen LogP contribution in [0.3, 0.4) is 0 Å². The summed E-state index contributed by atoms with van der Waals surface area (Å²) in [5, 5.41) is 10.9. The van der Waals surface area contributed by atoms with Gasteiger partial charge < -0.3 is 14.8 Å². The highest BCUT2D eigenvalue weighted by Gasteiger charge is 2.12. The average Bonchev–Trinajstić information content (AvgIpc) is 2.54. The van der Waals surface area contributed by atoms with Crippen molar-refractivity contribution in [1.29, 1.82) is 0 Å². The van der Waals surface area contributed by atoms with Crippen molar-refractivity contribution in [1.82, 2.24) is 9.97 Å². The minimum atomic E-state index is -0.806. The van der Waals surface area contributed by atoms with Gasteiger partial charge in [-0.25, -0.2) is 4.98 Å². The maximum atomic E-state index is 11.8. The van der Waals surface area contributed by atoms with E-state index in [1.807, 2.05) is 0 Å². The van der Waals surface area contributed by atoms with Crippen LogP contribution in [0.25, 0.3) is 10.9 Å². The van der Waals surface area contributed by atoms with Crippen LogP contribution in [0.2, 0.25) is 0 Å². The Bertz CT molecular complexity index is 825. The molecule has 2 N–H and O–H groups in total. The predicted octanol–water partition coefficient (Wildman–Crippen LogP) is 2.01. The maximum Gasteiger partial charge on any atom is 0.258 e. The zero-order valence-electron chi connectivity index (χ0n) is 11.4. The molecule has 0 saturated carbocycles. The quantitative estimate of drug-likeness (QED) is 0.770. The van der Waals surface area contributed by atoms with Crippen LogP contribution in [0.15, 0.2) is 53.6 Å². The summed E-state index contributed by atoms with van der Waals surface area (Å²) in [6.07, 6.45) is 0.560. The van der Waals surface area contributed by atoms with Crippen molar-refractivity contribution >= 4 is 10.9 Å². The van der Waals surface area contributed by atoms with Gasteiger partial charge in [0.05, 0.1) is 24.3 Å². The Balaban J connectivity index is 2.02. The van der Waals surface area contributed by atoms with E-state index in [1.54, 1.807) is 49.6 Å². The lowest BCUT2D eigenvalue weighted by molar-refractivity contribution is 0.220. The first-order valence-corrected chi connectivity index (χ1v) is 6.48. The third-order valence-corrected chi connectivity index (χ3v) is 3.41. The van der Waals surface area contributed by atoms with Gasteiger partial charge in [0, 0.05) is 0 Å². The molecule has 0 saturated heterocycles. The van der Waals surface area contributed by atoms with Gasteiger partial charge >= 0.3 is 0 Å². The zero-order valence-corrected chi connectivity index (χ0v) is 11.4. The minimum Gasteiger partial charge on any atom is -0.497 e. The lowest BCUT2D eigenvalue weighted by Crippen LogP contribution is -2.08. The predicted molar refractivity (Wildman–Crippen MR) is 79.4 cm³/mol. The molecule has 0 bridgehead atoms. The number of ether oxygens (including phenoxy) is 1. The number of methoxy groups -OCH3 is 1. The van der Waals surface area contributed by atoms with E-state index in [4.69, 9.17) is 4.74 Å². The number of hydrogen-bond donors (Lipinski definition) is 2. The third-order valence-electron chi connectivity index (χ3n) is 3.41. The number of fused-ring (bicyclic) bond motifs is 1. The molecule has 0 aliphatic heterocycles. The number of rotatable bonds is 3. The highest BCUT2D eigenvalue weighted by Crippen LogP contribution is 2.25. The summed E-state index contributed by atoms with van der Waals surface area (Å²) in [4.78, 5) is 18.4. The van der Waals surface area contributed by atoms with E-state index in [-0.39, 0.29) is 5.56 Å². The SMILES string of the molecule is COc1ccc(C(O)c2ccc3nc[nH]c(=O)c3c2)cc1. The molecule has 0 spiro atoms. The van der Waals surface area contributed by atoms with Crippen LogP contribution in [-0.2, 0) is 0 Å². The maximum absolute atomic E-state index is 11.8. The van der Waals surface area contributed by atoms with Crippen molar-refractivity contribution in [3.8, 4) is 5.75 Å². The van der Waals surface area contributed by atoms with E-state index in [2.05, 4.69) is 9.97 Å². The molecule has 5 nitrogen and oxygen atoms in total. The molecular formula is C16H14N2O3. The Morgan fingerprint density at radius 2 is 1.86 bits per heavy atom. The zero-order chi connectivity index (χ0) is 14.8. The molecule has 0 amide bonds. The third kappa shape index (κ3) is 2.51. The number of H-pyrrole nitrogens is 1. The first kappa shape index (κ1) is 13.3. The molecule has 5 heteroatoms. The first-order chi connectivity index (χ1) is 10.2. The molecule has 2 aromatic carbocycles. The highest BCUT2D eigenvalue weighted by atomic mass is 16.5. The summed E-state index contributed by atoms with van der Waals surface area (Å²) in [6.45, 7) is 0. The van der Waals surface area contributed by atoms with Crippen LogP contribution >= 0.6 is 0 Å². The molecule has 1 atom stereocenters. The van der Waals surface area contributed by atoms with Gasteiger partial charge in [-0.2, -0.15) is 0 Å². The van der Waals surface area contributed by atoms with Gasteiger partial charge in [0.15, 0.2) is 0 Å². The fraction of sp³-hybridized carbons (Fsp3) is 0.125. The van der Waals surface area contributed by atoms with Crippen LogP contribution in [-0.4, -0.2) is 22.2 Å². The molecule has 3 rings (SSSR count). The molecule has 3 aromatic rings. The van der Waals surface area contributed by atoms with Crippen molar-refractivity contribution < 1.29 is 9.84 Å². The Kier molecular flexibility index (Phi) is 3.41. The average molecular weight is 282 g/mol. The second-order valence-corrected chi connectivity index (χ2v) is 4.68. The summed E-state index contributed by atoms with van der Waals surface area (Å²) in [7, 11) is 1.59. The van der Waals surface area contributed by atoms with Crippen LogP contribution in [0.5, 0.6) is 5.75 Å². The fourth-order valence-electron chi connectivity index (χ4n) is 2.24. The molecule has 0 fully saturated rings. The molecule has 0 aliphatic carbocycles. The van der Waals surface area contributed by atoms with Crippen LogP contribution in [0.4, 0.5) is 0 Å². The molecule has 21 heavy (non-hydrogen) atoms. The number of benzene rings is 2. The Hall–Kier alpha value is -2.66. The number of aromatic nitrogens is 2. The fourth-order valence-corrected chi connectivity index (χ4v) is 2.24. The minimum absolute atomic E-state index is 0.219. The number of aliphatic hydroxyl groups is 1. The van der Waals surface area contributed by atoms with Gasteiger partial charge in [0.25, 0.3) is 5.56 Å². The molecule has 0 aliphatic rings. The van der Waals surface area contributed by atoms with E-state index < -0.39 is 6.10 Å². The molecular weight excluding hydrogens is 268 g/mol. The van der Waals surface area contributed by atoms with Crippen LogP contribution < -0.4 is 10.3 Å². The van der Waals surface area contributed by atoms with E-state index in [9.17, 15) is 9.90 Å². The number of aromatic amines is 1. The number of hydrogen-bond acceptors (Lipinski definition) is 4. The van der Waals surface area contributed by atoms with Gasteiger partial charge in [-0.05, 0) is 35.4 Å². The van der Waals surface area contributed by atoms with E-state index >= 15 is 0 Å². The topological polar surface area (TPSA) is 75.2 Å². The summed E-state index contributed by atoms with van der Waals surface area (Å²) in [5.74, 6) is 0.727. The number of aliphatic hydroxyl groups excluding tert-OH is 1. The molecule has 1 heterocycles.